The first-order valence-corrected chi connectivity index (χ1v) is 6.87. The molecule has 0 aliphatic heterocycles. The van der Waals surface area contributed by atoms with Gasteiger partial charge in [0.2, 0.25) is 20.0 Å². The minimum Gasteiger partial charge on any atom is -0.211 e. The van der Waals surface area contributed by atoms with E-state index in [4.69, 9.17) is 0 Å². The van der Waals surface area contributed by atoms with Crippen molar-refractivity contribution in [3.05, 3.63) is 0 Å². The van der Waals surface area contributed by atoms with Gasteiger partial charge in [-0.05, 0) is 13.3 Å². The van der Waals surface area contributed by atoms with Gasteiger partial charge in [-0.1, -0.05) is 6.92 Å². The van der Waals surface area contributed by atoms with E-state index in [1.165, 1.54) is 6.92 Å². The summed E-state index contributed by atoms with van der Waals surface area (Å²) in [7, 11) is -7.28. The van der Waals surface area contributed by atoms with Crippen molar-refractivity contribution in [2.24, 2.45) is 0 Å². The Morgan fingerprint density at radius 3 is 1.83 bits per heavy atom. The largest absolute Gasteiger partial charge is 0.224 e. The molecule has 74 valence electrons. The first-order chi connectivity index (χ1) is 5.33. The van der Waals surface area contributed by atoms with E-state index in [1.807, 2.05) is 0 Å². The number of sulfonamides is 2. The number of hydrogen-bond acceptors (Lipinski definition) is 4. The average molecular weight is 215 g/mol. The van der Waals surface area contributed by atoms with Gasteiger partial charge in [-0.2, -0.15) is 0 Å². The van der Waals surface area contributed by atoms with Crippen molar-refractivity contribution in [3.63, 3.8) is 0 Å². The summed E-state index contributed by atoms with van der Waals surface area (Å²) < 4.78 is 45.1. The molecule has 0 aromatic rings. The van der Waals surface area contributed by atoms with E-state index in [0.717, 1.165) is 0 Å². The maximum absolute atomic E-state index is 10.9. The maximum atomic E-state index is 10.9. The van der Waals surface area contributed by atoms with Gasteiger partial charge in [0.05, 0.1) is 11.5 Å². The second-order valence-corrected chi connectivity index (χ2v) is 6.42. The van der Waals surface area contributed by atoms with Gasteiger partial charge in [-0.15, -0.1) is 4.13 Å². The average Bonchev–Trinajstić information content (AvgIpc) is 1.85. The molecular formula is C5H13NO4S2. The molecule has 0 rings (SSSR count). The summed E-state index contributed by atoms with van der Waals surface area (Å²) in [6, 6.07) is 0. The van der Waals surface area contributed by atoms with Crippen LogP contribution in [0.15, 0.2) is 0 Å². The minimum absolute atomic E-state index is 0.160. The lowest BCUT2D eigenvalue weighted by molar-refractivity contribution is 0.577. The second-order valence-electron chi connectivity index (χ2n) is 2.31. The molecular weight excluding hydrogens is 202 g/mol. The highest BCUT2D eigenvalue weighted by Crippen LogP contribution is 1.92. The van der Waals surface area contributed by atoms with Crippen LogP contribution in [0.25, 0.3) is 0 Å². The predicted octanol–water partition coefficient (Wildman–Crippen LogP) is -0.334. The minimum atomic E-state index is -3.64. The van der Waals surface area contributed by atoms with Crippen LogP contribution >= 0.6 is 0 Å². The Bertz CT molecular complexity index is 315. The first-order valence-electron chi connectivity index (χ1n) is 3.57. The van der Waals surface area contributed by atoms with Gasteiger partial charge in [-0.3, -0.25) is 0 Å². The van der Waals surface area contributed by atoms with Gasteiger partial charge in [0.25, 0.3) is 0 Å². The molecule has 0 saturated heterocycles. The van der Waals surface area contributed by atoms with Gasteiger partial charge >= 0.3 is 0 Å². The molecule has 7 heteroatoms. The van der Waals surface area contributed by atoms with Gasteiger partial charge in [0.1, 0.15) is 0 Å². The summed E-state index contributed by atoms with van der Waals surface area (Å²) in [5, 5.41) is 0. The molecule has 1 N–H and O–H groups in total. The van der Waals surface area contributed by atoms with Crippen molar-refractivity contribution < 1.29 is 16.8 Å². The van der Waals surface area contributed by atoms with Crippen molar-refractivity contribution in [1.82, 2.24) is 4.13 Å². The number of hydrogen-bond donors (Lipinski definition) is 1. The van der Waals surface area contributed by atoms with Crippen LogP contribution < -0.4 is 4.13 Å². The molecule has 0 fully saturated rings. The SMILES string of the molecule is CCCS(=O)(=O)NS(=O)(=O)CC. The smallest absolute Gasteiger partial charge is 0.211 e. The second kappa shape index (κ2) is 4.20. The fourth-order valence-electron chi connectivity index (χ4n) is 0.563. The standard InChI is InChI=1S/C5H13NO4S2/c1-3-5-12(9,10)6-11(7,8)4-2/h6H,3-5H2,1-2H3. The molecule has 0 bridgehead atoms. The fourth-order valence-corrected chi connectivity index (χ4v) is 3.45. The number of rotatable bonds is 5. The summed E-state index contributed by atoms with van der Waals surface area (Å²) in [4.78, 5) is 0. The molecule has 0 heterocycles. The van der Waals surface area contributed by atoms with Gasteiger partial charge < -0.3 is 0 Å². The molecule has 0 unspecified atom stereocenters. The summed E-state index contributed by atoms with van der Waals surface area (Å²) >= 11 is 0. The van der Waals surface area contributed by atoms with Crippen LogP contribution in [-0.4, -0.2) is 28.3 Å². The highest BCUT2D eigenvalue weighted by Gasteiger charge is 2.17. The third-order valence-corrected chi connectivity index (χ3v) is 4.84. The molecule has 0 aliphatic rings. The molecule has 0 spiro atoms. The van der Waals surface area contributed by atoms with Gasteiger partial charge in [0.15, 0.2) is 0 Å². The topological polar surface area (TPSA) is 80.3 Å². The van der Waals surface area contributed by atoms with E-state index >= 15 is 0 Å². The van der Waals surface area contributed by atoms with Crippen LogP contribution in [0.4, 0.5) is 0 Å². The van der Waals surface area contributed by atoms with E-state index in [-0.39, 0.29) is 11.5 Å². The molecule has 0 aliphatic carbocycles. The molecule has 0 saturated carbocycles. The normalized spacial score (nSPS) is 13.2. The van der Waals surface area contributed by atoms with E-state index in [2.05, 4.69) is 0 Å². The molecule has 0 amide bonds. The van der Waals surface area contributed by atoms with Crippen molar-refractivity contribution in [2.75, 3.05) is 11.5 Å². The quantitative estimate of drug-likeness (QED) is 0.680. The highest BCUT2D eigenvalue weighted by atomic mass is 32.3. The van der Waals surface area contributed by atoms with Gasteiger partial charge in [-0.25, -0.2) is 16.8 Å². The summed E-state index contributed by atoms with van der Waals surface area (Å²) in [6.45, 7) is 3.04. The highest BCUT2D eigenvalue weighted by molar-refractivity contribution is 8.04. The van der Waals surface area contributed by atoms with Crippen LogP contribution in [0, 0.1) is 0 Å². The lowest BCUT2D eigenvalue weighted by Gasteiger charge is -2.03. The third kappa shape index (κ3) is 4.68. The first kappa shape index (κ1) is 11.9. The zero-order valence-corrected chi connectivity index (χ0v) is 8.70. The Morgan fingerprint density at radius 2 is 1.50 bits per heavy atom. The van der Waals surface area contributed by atoms with E-state index in [1.54, 1.807) is 11.1 Å². The van der Waals surface area contributed by atoms with Crippen molar-refractivity contribution in [3.8, 4) is 0 Å². The molecule has 5 nitrogen and oxygen atoms in total. The van der Waals surface area contributed by atoms with Crippen LogP contribution in [0.3, 0.4) is 0 Å². The van der Waals surface area contributed by atoms with Crippen LogP contribution in [0.5, 0.6) is 0 Å². The van der Waals surface area contributed by atoms with E-state index in [0.29, 0.717) is 6.42 Å². The lowest BCUT2D eigenvalue weighted by atomic mass is 10.6. The summed E-state index contributed by atoms with van der Waals surface area (Å²) in [5.74, 6) is -0.387. The molecule has 0 aromatic heterocycles. The monoisotopic (exact) mass is 215 g/mol. The van der Waals surface area contributed by atoms with Crippen LogP contribution in [-0.2, 0) is 20.0 Å². The van der Waals surface area contributed by atoms with Crippen molar-refractivity contribution in [1.29, 1.82) is 0 Å². The number of nitrogens with one attached hydrogen (secondary N) is 1. The van der Waals surface area contributed by atoms with E-state index < -0.39 is 20.0 Å². The van der Waals surface area contributed by atoms with Gasteiger partial charge in [0, 0.05) is 0 Å². The predicted molar refractivity (Wildman–Crippen MR) is 46.7 cm³/mol. The molecule has 0 radical (unpaired) electrons. The zero-order valence-electron chi connectivity index (χ0n) is 7.07. The van der Waals surface area contributed by atoms with Crippen LogP contribution in [0.1, 0.15) is 20.3 Å². The fraction of sp³-hybridized carbons (Fsp3) is 1.00. The zero-order chi connectivity index (χ0) is 9.83. The van der Waals surface area contributed by atoms with Crippen molar-refractivity contribution in [2.45, 2.75) is 20.3 Å². The Kier molecular flexibility index (Phi) is 4.15. The summed E-state index contributed by atoms with van der Waals surface area (Å²) in [5.41, 5.74) is 0. The third-order valence-electron chi connectivity index (χ3n) is 1.11. The van der Waals surface area contributed by atoms with E-state index in [9.17, 15) is 16.8 Å². The Morgan fingerprint density at radius 1 is 1.00 bits per heavy atom. The Labute approximate surface area is 73.3 Å². The maximum Gasteiger partial charge on any atom is 0.224 e. The summed E-state index contributed by atoms with van der Waals surface area (Å²) in [6.07, 6.45) is 0.397. The Hall–Kier alpha value is -0.140. The lowest BCUT2D eigenvalue weighted by Crippen LogP contribution is -2.33. The molecule has 0 atom stereocenters. The Balaban J connectivity index is 4.47. The molecule has 12 heavy (non-hydrogen) atoms. The van der Waals surface area contributed by atoms with Crippen molar-refractivity contribution >= 4 is 20.0 Å². The van der Waals surface area contributed by atoms with Crippen LogP contribution in [0.2, 0.25) is 0 Å². The molecule has 0 aromatic carbocycles.